The third-order valence-corrected chi connectivity index (χ3v) is 9.11. The summed E-state index contributed by atoms with van der Waals surface area (Å²) in [6.45, 7) is 12.0. The Morgan fingerprint density at radius 3 is 1.33 bits per heavy atom. The van der Waals surface area contributed by atoms with Crippen molar-refractivity contribution in [1.82, 2.24) is 9.13 Å². The fourth-order valence-corrected chi connectivity index (χ4v) is 6.86. The van der Waals surface area contributed by atoms with E-state index in [0.29, 0.717) is 0 Å². The zero-order chi connectivity index (χ0) is 12.8. The van der Waals surface area contributed by atoms with Crippen LogP contribution in [-0.4, -0.2) is 43.7 Å². The van der Waals surface area contributed by atoms with Gasteiger partial charge in [-0.3, -0.25) is 0 Å². The minimum Gasteiger partial charge on any atom is -0.309 e. The van der Waals surface area contributed by atoms with Gasteiger partial charge in [-0.1, -0.05) is 31.4 Å². The van der Waals surface area contributed by atoms with E-state index in [2.05, 4.69) is 28.0 Å². The predicted molar refractivity (Wildman–Crippen MR) is 81.9 cm³/mol. The summed E-state index contributed by atoms with van der Waals surface area (Å²) in [5, 5.41) is 0. The van der Waals surface area contributed by atoms with Gasteiger partial charge in [-0.25, -0.2) is 0 Å². The third kappa shape index (κ3) is 3.25. The van der Waals surface area contributed by atoms with Gasteiger partial charge in [0.05, 0.1) is 0 Å². The minimum absolute atomic E-state index is 1.31. The number of nitrogens with zero attached hydrogens (tertiary/aromatic N) is 2. The predicted octanol–water partition coefficient (Wildman–Crippen LogP) is 3.54. The Morgan fingerprint density at radius 2 is 1.06 bits per heavy atom. The zero-order valence-corrected chi connectivity index (χ0v) is 13.2. The summed E-state index contributed by atoms with van der Waals surface area (Å²) in [5.74, 6) is 0. The molecular weight excluding hydrogens is 236 g/mol. The van der Waals surface area contributed by atoms with Crippen molar-refractivity contribution < 1.29 is 0 Å². The summed E-state index contributed by atoms with van der Waals surface area (Å²) in [4.78, 5) is 0. The average molecular weight is 267 g/mol. The lowest BCUT2D eigenvalue weighted by Crippen LogP contribution is -2.63. The van der Waals surface area contributed by atoms with E-state index >= 15 is 0 Å². The maximum Gasteiger partial charge on any atom is 0.228 e. The second kappa shape index (κ2) is 6.87. The molecule has 0 spiro atoms. The van der Waals surface area contributed by atoms with Crippen molar-refractivity contribution in [2.45, 2.75) is 57.9 Å². The largest absolute Gasteiger partial charge is 0.309 e. The maximum absolute atomic E-state index is 4.22. The van der Waals surface area contributed by atoms with Gasteiger partial charge in [0.1, 0.15) is 0 Å². The monoisotopic (exact) mass is 266 g/mol. The molecule has 0 aromatic heterocycles. The molecule has 0 aromatic rings. The molecule has 0 aliphatic carbocycles. The summed E-state index contributed by atoms with van der Waals surface area (Å²) in [6, 6.07) is 0. The van der Waals surface area contributed by atoms with Crippen LogP contribution in [0.5, 0.6) is 0 Å². The molecule has 0 saturated carbocycles. The first-order valence-corrected chi connectivity index (χ1v) is 10.4. The highest BCUT2D eigenvalue weighted by molar-refractivity contribution is 6.78. The average Bonchev–Trinajstić information content (AvgIpc) is 2.82. The van der Waals surface area contributed by atoms with Crippen LogP contribution >= 0.6 is 0 Å². The Labute approximate surface area is 114 Å². The second-order valence-electron chi connectivity index (χ2n) is 6.10. The molecule has 2 fully saturated rings. The molecule has 18 heavy (non-hydrogen) atoms. The Kier molecular flexibility index (Phi) is 5.46. The lowest BCUT2D eigenvalue weighted by atomic mass is 10.2. The lowest BCUT2D eigenvalue weighted by molar-refractivity contribution is 0.342. The Bertz CT molecular complexity index is 231. The minimum atomic E-state index is -1.56. The molecule has 3 heteroatoms. The highest BCUT2D eigenvalue weighted by atomic mass is 28.3. The van der Waals surface area contributed by atoms with Crippen molar-refractivity contribution >= 4 is 8.40 Å². The van der Waals surface area contributed by atoms with Gasteiger partial charge in [-0.15, -0.1) is 6.58 Å². The van der Waals surface area contributed by atoms with Crippen LogP contribution < -0.4 is 0 Å². The van der Waals surface area contributed by atoms with E-state index in [9.17, 15) is 0 Å². The molecular formula is C15H30N2Si. The third-order valence-electron chi connectivity index (χ3n) is 4.88. The van der Waals surface area contributed by atoms with Crippen LogP contribution in [0.25, 0.3) is 0 Å². The molecule has 2 aliphatic rings. The van der Waals surface area contributed by atoms with Crippen molar-refractivity contribution in [3.8, 4) is 0 Å². The first-order valence-electron chi connectivity index (χ1n) is 7.91. The van der Waals surface area contributed by atoms with Crippen LogP contribution in [0.1, 0.15) is 51.4 Å². The lowest BCUT2D eigenvalue weighted by Gasteiger charge is -2.44. The van der Waals surface area contributed by atoms with Gasteiger partial charge in [-0.2, -0.15) is 0 Å². The van der Waals surface area contributed by atoms with E-state index in [4.69, 9.17) is 0 Å². The normalized spacial score (nSPS) is 25.4. The Morgan fingerprint density at radius 1 is 0.722 bits per heavy atom. The molecule has 0 unspecified atom stereocenters. The fraction of sp³-hybridized carbons (Fsp3) is 0.867. The Balaban J connectivity index is 2.08. The van der Waals surface area contributed by atoms with Crippen molar-refractivity contribution in [2.24, 2.45) is 0 Å². The van der Waals surface area contributed by atoms with Crippen LogP contribution in [0.2, 0.25) is 6.55 Å². The van der Waals surface area contributed by atoms with Gasteiger partial charge >= 0.3 is 0 Å². The van der Waals surface area contributed by atoms with Crippen molar-refractivity contribution in [1.29, 1.82) is 0 Å². The highest BCUT2D eigenvalue weighted by Crippen LogP contribution is 2.24. The topological polar surface area (TPSA) is 6.48 Å². The van der Waals surface area contributed by atoms with E-state index in [-0.39, 0.29) is 0 Å². The van der Waals surface area contributed by atoms with E-state index in [1.165, 1.54) is 77.5 Å². The summed E-state index contributed by atoms with van der Waals surface area (Å²) in [6.07, 6.45) is 11.3. The number of rotatable bonds is 3. The molecule has 104 valence electrons. The quantitative estimate of drug-likeness (QED) is 0.721. The molecule has 0 bridgehead atoms. The highest BCUT2D eigenvalue weighted by Gasteiger charge is 2.38. The van der Waals surface area contributed by atoms with Crippen molar-refractivity contribution in [3.05, 3.63) is 12.3 Å². The molecule has 2 aliphatic heterocycles. The summed E-state index contributed by atoms with van der Waals surface area (Å²) in [5.41, 5.74) is 2.34. The molecule has 2 rings (SSSR count). The maximum atomic E-state index is 4.22. The van der Waals surface area contributed by atoms with Gasteiger partial charge in [0.2, 0.25) is 8.40 Å². The first-order chi connectivity index (χ1) is 8.77. The molecule has 2 saturated heterocycles. The molecule has 0 aromatic carbocycles. The van der Waals surface area contributed by atoms with Crippen molar-refractivity contribution in [2.75, 3.05) is 26.2 Å². The van der Waals surface area contributed by atoms with Gasteiger partial charge in [-0.05, 0) is 58.4 Å². The van der Waals surface area contributed by atoms with E-state index < -0.39 is 8.40 Å². The molecule has 0 N–H and O–H groups in total. The zero-order valence-electron chi connectivity index (χ0n) is 12.2. The summed E-state index contributed by atoms with van der Waals surface area (Å²) >= 11 is 0. The van der Waals surface area contributed by atoms with Gasteiger partial charge in [0.15, 0.2) is 0 Å². The van der Waals surface area contributed by atoms with E-state index in [1.54, 1.807) is 0 Å². The first kappa shape index (κ1) is 14.3. The van der Waals surface area contributed by atoms with E-state index in [0.717, 1.165) is 0 Å². The van der Waals surface area contributed by atoms with Gasteiger partial charge < -0.3 is 9.13 Å². The van der Waals surface area contributed by atoms with Gasteiger partial charge in [0.25, 0.3) is 0 Å². The summed E-state index contributed by atoms with van der Waals surface area (Å²) < 4.78 is 5.64. The SMILES string of the molecule is C=C[Si](C)(N1CCCCCC1)N1CCCCCC1. The molecule has 0 amide bonds. The molecule has 2 heterocycles. The van der Waals surface area contributed by atoms with E-state index in [1.807, 2.05) is 0 Å². The fourth-order valence-electron chi connectivity index (χ4n) is 3.50. The molecule has 0 atom stereocenters. The smallest absolute Gasteiger partial charge is 0.228 e. The van der Waals surface area contributed by atoms with Crippen LogP contribution in [0, 0.1) is 0 Å². The van der Waals surface area contributed by atoms with Crippen LogP contribution in [0.15, 0.2) is 12.3 Å². The molecule has 0 radical (unpaired) electrons. The van der Waals surface area contributed by atoms with Crippen LogP contribution in [0.4, 0.5) is 0 Å². The van der Waals surface area contributed by atoms with Crippen LogP contribution in [-0.2, 0) is 0 Å². The van der Waals surface area contributed by atoms with Crippen molar-refractivity contribution in [3.63, 3.8) is 0 Å². The standard InChI is InChI=1S/C15H30N2Si/c1-3-18(2,16-12-8-4-5-9-13-16)17-14-10-6-7-11-15-17/h3H,1,4-15H2,2H3. The van der Waals surface area contributed by atoms with Gasteiger partial charge in [0, 0.05) is 0 Å². The second-order valence-corrected chi connectivity index (χ2v) is 9.96. The molecule has 2 nitrogen and oxygen atoms in total. The van der Waals surface area contributed by atoms with Crippen LogP contribution in [0.3, 0.4) is 0 Å². The Hall–Kier alpha value is -0.123. The summed E-state index contributed by atoms with van der Waals surface area (Å²) in [7, 11) is -1.56. The number of hydrogen-bond donors (Lipinski definition) is 0. The number of hydrogen-bond acceptors (Lipinski definition) is 2.